The van der Waals surface area contributed by atoms with Crippen molar-refractivity contribution in [2.75, 3.05) is 31.5 Å². The van der Waals surface area contributed by atoms with Crippen LogP contribution in [0, 0.1) is 6.92 Å². The van der Waals surface area contributed by atoms with Gasteiger partial charge in [-0.3, -0.25) is 0 Å². The average molecular weight is 277 g/mol. The van der Waals surface area contributed by atoms with Gasteiger partial charge < -0.3 is 20.6 Å². The lowest BCUT2D eigenvalue weighted by Gasteiger charge is -2.29. The van der Waals surface area contributed by atoms with E-state index in [2.05, 4.69) is 15.5 Å². The van der Waals surface area contributed by atoms with E-state index in [1.807, 2.05) is 31.2 Å². The molecule has 3 N–H and O–H groups in total. The van der Waals surface area contributed by atoms with E-state index in [1.54, 1.807) is 0 Å². The fraction of sp³-hybridized carbons (Fsp3) is 0.533. The van der Waals surface area contributed by atoms with E-state index in [4.69, 9.17) is 0 Å². The van der Waals surface area contributed by atoms with Gasteiger partial charge in [0, 0.05) is 31.9 Å². The highest BCUT2D eigenvalue weighted by molar-refractivity contribution is 5.89. The second-order valence-electron chi connectivity index (χ2n) is 5.27. The summed E-state index contributed by atoms with van der Waals surface area (Å²) < 4.78 is 0. The number of carbonyl (C=O) groups excluding carboxylic acids is 1. The molecule has 1 aromatic carbocycles. The zero-order valence-corrected chi connectivity index (χ0v) is 11.9. The number of carbonyl (C=O) groups is 1. The SMILES string of the molecule is Cc1ccccc1NC(=O)NCCN1CCC(O)CC1. The smallest absolute Gasteiger partial charge is 0.319 e. The Labute approximate surface area is 120 Å². The van der Waals surface area contributed by atoms with Crippen molar-refractivity contribution in [3.63, 3.8) is 0 Å². The van der Waals surface area contributed by atoms with Gasteiger partial charge in [0.05, 0.1) is 6.10 Å². The number of amides is 2. The van der Waals surface area contributed by atoms with Gasteiger partial charge in [-0.15, -0.1) is 0 Å². The molecule has 1 aliphatic heterocycles. The quantitative estimate of drug-likeness (QED) is 0.783. The Hall–Kier alpha value is -1.59. The number of hydrogen-bond acceptors (Lipinski definition) is 3. The molecule has 0 aliphatic carbocycles. The van der Waals surface area contributed by atoms with Gasteiger partial charge in [0.2, 0.25) is 0 Å². The minimum Gasteiger partial charge on any atom is -0.393 e. The fourth-order valence-electron chi connectivity index (χ4n) is 2.35. The first-order chi connectivity index (χ1) is 9.65. The van der Waals surface area contributed by atoms with Gasteiger partial charge in [0.1, 0.15) is 0 Å². The highest BCUT2D eigenvalue weighted by Crippen LogP contribution is 2.12. The van der Waals surface area contributed by atoms with E-state index < -0.39 is 0 Å². The van der Waals surface area contributed by atoms with Gasteiger partial charge in [-0.25, -0.2) is 4.79 Å². The van der Waals surface area contributed by atoms with Crippen LogP contribution in [0.15, 0.2) is 24.3 Å². The van der Waals surface area contributed by atoms with Gasteiger partial charge in [-0.05, 0) is 31.4 Å². The summed E-state index contributed by atoms with van der Waals surface area (Å²) >= 11 is 0. The van der Waals surface area contributed by atoms with Crippen LogP contribution in [0.25, 0.3) is 0 Å². The summed E-state index contributed by atoms with van der Waals surface area (Å²) in [5.41, 5.74) is 1.89. The Bertz CT molecular complexity index is 442. The number of aliphatic hydroxyl groups excluding tert-OH is 1. The van der Waals surface area contributed by atoms with Gasteiger partial charge >= 0.3 is 6.03 Å². The number of aliphatic hydroxyl groups is 1. The number of aryl methyl sites for hydroxylation is 1. The summed E-state index contributed by atoms with van der Waals surface area (Å²) in [6, 6.07) is 7.54. The predicted molar refractivity (Wildman–Crippen MR) is 79.9 cm³/mol. The Morgan fingerprint density at radius 1 is 1.35 bits per heavy atom. The Morgan fingerprint density at radius 3 is 2.75 bits per heavy atom. The molecule has 110 valence electrons. The lowest BCUT2D eigenvalue weighted by molar-refractivity contribution is 0.0833. The lowest BCUT2D eigenvalue weighted by atomic mass is 10.1. The van der Waals surface area contributed by atoms with Crippen molar-refractivity contribution in [1.29, 1.82) is 0 Å². The molecular formula is C15H23N3O2. The third-order valence-electron chi connectivity index (χ3n) is 3.66. The first-order valence-electron chi connectivity index (χ1n) is 7.16. The molecule has 0 aromatic heterocycles. The first-order valence-corrected chi connectivity index (χ1v) is 7.16. The van der Waals surface area contributed by atoms with Crippen LogP contribution < -0.4 is 10.6 Å². The van der Waals surface area contributed by atoms with Gasteiger partial charge in [-0.1, -0.05) is 18.2 Å². The molecule has 0 unspecified atom stereocenters. The second kappa shape index (κ2) is 7.26. The zero-order valence-electron chi connectivity index (χ0n) is 11.9. The molecule has 1 aliphatic rings. The van der Waals surface area contributed by atoms with Crippen molar-refractivity contribution < 1.29 is 9.90 Å². The van der Waals surface area contributed by atoms with Crippen molar-refractivity contribution in [1.82, 2.24) is 10.2 Å². The van der Waals surface area contributed by atoms with Crippen molar-refractivity contribution in [3.8, 4) is 0 Å². The Balaban J connectivity index is 1.67. The zero-order chi connectivity index (χ0) is 14.4. The van der Waals surface area contributed by atoms with Gasteiger partial charge in [0.25, 0.3) is 0 Å². The molecule has 1 fully saturated rings. The van der Waals surface area contributed by atoms with E-state index in [0.717, 1.165) is 43.7 Å². The fourth-order valence-corrected chi connectivity index (χ4v) is 2.35. The normalized spacial score (nSPS) is 16.9. The number of piperidine rings is 1. The summed E-state index contributed by atoms with van der Waals surface area (Å²) in [5.74, 6) is 0. The summed E-state index contributed by atoms with van der Waals surface area (Å²) in [5, 5.41) is 15.1. The van der Waals surface area contributed by atoms with Crippen LogP contribution in [0.5, 0.6) is 0 Å². The second-order valence-corrected chi connectivity index (χ2v) is 5.27. The molecule has 0 bridgehead atoms. The van der Waals surface area contributed by atoms with Crippen LogP contribution >= 0.6 is 0 Å². The monoisotopic (exact) mass is 277 g/mol. The summed E-state index contributed by atoms with van der Waals surface area (Å²) in [7, 11) is 0. The molecule has 5 nitrogen and oxygen atoms in total. The average Bonchev–Trinajstić information content (AvgIpc) is 2.44. The molecule has 0 saturated carbocycles. The molecule has 2 rings (SSSR count). The number of nitrogens with zero attached hydrogens (tertiary/aromatic N) is 1. The number of likely N-dealkylation sites (tertiary alicyclic amines) is 1. The van der Waals surface area contributed by atoms with Crippen LogP contribution in [-0.4, -0.2) is 48.3 Å². The van der Waals surface area contributed by atoms with Crippen molar-refractivity contribution >= 4 is 11.7 Å². The topological polar surface area (TPSA) is 64.6 Å². The van der Waals surface area contributed by atoms with E-state index in [-0.39, 0.29) is 12.1 Å². The highest BCUT2D eigenvalue weighted by Gasteiger charge is 2.16. The number of urea groups is 1. The summed E-state index contributed by atoms with van der Waals surface area (Å²) in [6.45, 7) is 5.22. The lowest BCUT2D eigenvalue weighted by Crippen LogP contribution is -2.41. The summed E-state index contributed by atoms with van der Waals surface area (Å²) in [6.07, 6.45) is 1.51. The maximum absolute atomic E-state index is 11.8. The Morgan fingerprint density at radius 2 is 2.05 bits per heavy atom. The minimum atomic E-state index is -0.170. The highest BCUT2D eigenvalue weighted by atomic mass is 16.3. The van der Waals surface area contributed by atoms with E-state index in [9.17, 15) is 9.90 Å². The number of benzene rings is 1. The van der Waals surface area contributed by atoms with Gasteiger partial charge in [0.15, 0.2) is 0 Å². The van der Waals surface area contributed by atoms with E-state index in [1.165, 1.54) is 0 Å². The molecule has 5 heteroatoms. The first kappa shape index (κ1) is 14.8. The van der Waals surface area contributed by atoms with E-state index in [0.29, 0.717) is 6.54 Å². The molecule has 0 atom stereocenters. The summed E-state index contributed by atoms with van der Waals surface area (Å²) in [4.78, 5) is 14.0. The van der Waals surface area contributed by atoms with Gasteiger partial charge in [-0.2, -0.15) is 0 Å². The molecule has 1 aromatic rings. The number of hydrogen-bond donors (Lipinski definition) is 3. The number of anilines is 1. The predicted octanol–water partition coefficient (Wildman–Crippen LogP) is 1.57. The largest absolute Gasteiger partial charge is 0.393 e. The van der Waals surface area contributed by atoms with Crippen LogP contribution in [0.2, 0.25) is 0 Å². The molecular weight excluding hydrogens is 254 g/mol. The van der Waals surface area contributed by atoms with Crippen LogP contribution in [0.1, 0.15) is 18.4 Å². The van der Waals surface area contributed by atoms with Crippen LogP contribution in [0.3, 0.4) is 0 Å². The van der Waals surface area contributed by atoms with Crippen LogP contribution in [0.4, 0.5) is 10.5 Å². The molecule has 0 radical (unpaired) electrons. The van der Waals surface area contributed by atoms with Crippen molar-refractivity contribution in [2.45, 2.75) is 25.9 Å². The standard InChI is InChI=1S/C15H23N3O2/c1-12-4-2-3-5-14(12)17-15(20)16-8-11-18-9-6-13(19)7-10-18/h2-5,13,19H,6-11H2,1H3,(H2,16,17,20). The molecule has 1 saturated heterocycles. The third kappa shape index (κ3) is 4.51. The number of nitrogens with one attached hydrogen (secondary N) is 2. The molecule has 2 amide bonds. The molecule has 1 heterocycles. The molecule has 20 heavy (non-hydrogen) atoms. The number of rotatable bonds is 4. The van der Waals surface area contributed by atoms with Crippen molar-refractivity contribution in [2.24, 2.45) is 0 Å². The Kier molecular flexibility index (Phi) is 5.38. The van der Waals surface area contributed by atoms with E-state index >= 15 is 0 Å². The number of para-hydroxylation sites is 1. The van der Waals surface area contributed by atoms with Crippen LogP contribution in [-0.2, 0) is 0 Å². The van der Waals surface area contributed by atoms with Crippen molar-refractivity contribution in [3.05, 3.63) is 29.8 Å². The maximum atomic E-state index is 11.8. The maximum Gasteiger partial charge on any atom is 0.319 e. The molecule has 0 spiro atoms. The minimum absolute atomic E-state index is 0.149. The third-order valence-corrected chi connectivity index (χ3v) is 3.66.